The van der Waals surface area contributed by atoms with Crippen molar-refractivity contribution in [3.63, 3.8) is 0 Å². The topological polar surface area (TPSA) is 15.3 Å². The Kier molecular flexibility index (Phi) is 3.87. The van der Waals surface area contributed by atoms with E-state index in [0.717, 1.165) is 5.92 Å². The van der Waals surface area contributed by atoms with Crippen LogP contribution < -0.4 is 5.43 Å². The summed E-state index contributed by atoms with van der Waals surface area (Å²) < 4.78 is 0. The largest absolute Gasteiger partial charge is 0.259 e. The number of hydrogen-bond donors (Lipinski definition) is 1. The Balaban J connectivity index is 2.13. The zero-order valence-electron chi connectivity index (χ0n) is 7.77. The van der Waals surface area contributed by atoms with Gasteiger partial charge in [0.25, 0.3) is 0 Å². The van der Waals surface area contributed by atoms with Crippen LogP contribution in [0.1, 0.15) is 32.1 Å². The van der Waals surface area contributed by atoms with Gasteiger partial charge in [-0.25, -0.2) is 5.01 Å². The van der Waals surface area contributed by atoms with Crippen LogP contribution in [0.3, 0.4) is 0 Å². The lowest BCUT2D eigenvalue weighted by Gasteiger charge is -2.26. The average molecular weight is 156 g/mol. The first-order valence-electron chi connectivity index (χ1n) is 4.71. The number of nitrogens with zero attached hydrogens (tertiary/aromatic N) is 1. The molecule has 2 nitrogen and oxygen atoms in total. The fourth-order valence-corrected chi connectivity index (χ4v) is 1.85. The van der Waals surface area contributed by atoms with E-state index >= 15 is 0 Å². The van der Waals surface area contributed by atoms with Gasteiger partial charge in [-0.1, -0.05) is 19.3 Å². The van der Waals surface area contributed by atoms with E-state index in [1.54, 1.807) is 0 Å². The van der Waals surface area contributed by atoms with Crippen LogP contribution in [0.25, 0.3) is 0 Å². The van der Waals surface area contributed by atoms with Crippen LogP contribution in [-0.4, -0.2) is 25.6 Å². The standard InChI is InChI=1S/C9H20N2/c1-10-11(2)8-9-6-4-3-5-7-9/h9-10H,3-8H2,1-2H3. The Morgan fingerprint density at radius 3 is 2.45 bits per heavy atom. The Bertz CT molecular complexity index is 97.7. The molecule has 1 saturated carbocycles. The maximum Gasteiger partial charge on any atom is 0.0156 e. The van der Waals surface area contributed by atoms with E-state index in [-0.39, 0.29) is 0 Å². The molecular formula is C9H20N2. The van der Waals surface area contributed by atoms with Gasteiger partial charge >= 0.3 is 0 Å². The summed E-state index contributed by atoms with van der Waals surface area (Å²) in [6.45, 7) is 1.22. The van der Waals surface area contributed by atoms with E-state index < -0.39 is 0 Å². The van der Waals surface area contributed by atoms with Crippen LogP contribution in [-0.2, 0) is 0 Å². The molecule has 0 saturated heterocycles. The van der Waals surface area contributed by atoms with Gasteiger partial charge in [0.2, 0.25) is 0 Å². The predicted octanol–water partition coefficient (Wildman–Crippen LogP) is 1.63. The minimum atomic E-state index is 0.946. The lowest BCUT2D eigenvalue weighted by molar-refractivity contribution is 0.190. The van der Waals surface area contributed by atoms with Gasteiger partial charge in [-0.3, -0.25) is 5.43 Å². The number of hydrogen-bond acceptors (Lipinski definition) is 2. The average Bonchev–Trinajstić information content (AvgIpc) is 2.06. The highest BCUT2D eigenvalue weighted by Crippen LogP contribution is 2.23. The molecule has 0 aromatic carbocycles. The molecular weight excluding hydrogens is 136 g/mol. The van der Waals surface area contributed by atoms with Crippen molar-refractivity contribution in [3.05, 3.63) is 0 Å². The fourth-order valence-electron chi connectivity index (χ4n) is 1.85. The Morgan fingerprint density at radius 1 is 1.27 bits per heavy atom. The van der Waals surface area contributed by atoms with Gasteiger partial charge in [-0.15, -0.1) is 0 Å². The summed E-state index contributed by atoms with van der Waals surface area (Å²) in [6, 6.07) is 0. The lowest BCUT2D eigenvalue weighted by Crippen LogP contribution is -2.35. The highest BCUT2D eigenvalue weighted by molar-refractivity contribution is 4.67. The van der Waals surface area contributed by atoms with E-state index in [9.17, 15) is 0 Å². The van der Waals surface area contributed by atoms with Crippen molar-refractivity contribution >= 4 is 0 Å². The van der Waals surface area contributed by atoms with Crippen molar-refractivity contribution in [1.82, 2.24) is 10.4 Å². The molecule has 0 aromatic heterocycles. The number of nitrogens with one attached hydrogen (secondary N) is 1. The number of rotatable bonds is 3. The van der Waals surface area contributed by atoms with E-state index in [2.05, 4.69) is 17.5 Å². The SMILES string of the molecule is CNN(C)CC1CCCCC1. The molecule has 11 heavy (non-hydrogen) atoms. The Morgan fingerprint density at radius 2 is 1.91 bits per heavy atom. The molecule has 1 fully saturated rings. The van der Waals surface area contributed by atoms with Crippen molar-refractivity contribution in [3.8, 4) is 0 Å². The zero-order chi connectivity index (χ0) is 8.10. The molecule has 0 atom stereocenters. The highest BCUT2D eigenvalue weighted by Gasteiger charge is 2.14. The second-order valence-electron chi connectivity index (χ2n) is 3.61. The fraction of sp³-hybridized carbons (Fsp3) is 1.00. The third-order valence-corrected chi connectivity index (χ3v) is 2.64. The second kappa shape index (κ2) is 4.73. The molecule has 0 bridgehead atoms. The molecule has 1 aliphatic carbocycles. The van der Waals surface area contributed by atoms with Crippen molar-refractivity contribution in [2.24, 2.45) is 5.92 Å². The molecule has 66 valence electrons. The number of hydrazine groups is 1. The third kappa shape index (κ3) is 3.21. The minimum Gasteiger partial charge on any atom is -0.259 e. The van der Waals surface area contributed by atoms with Crippen LogP contribution in [0.4, 0.5) is 0 Å². The third-order valence-electron chi connectivity index (χ3n) is 2.64. The molecule has 1 rings (SSSR count). The molecule has 0 aliphatic heterocycles. The summed E-state index contributed by atoms with van der Waals surface area (Å²) in [5, 5.41) is 2.19. The first-order chi connectivity index (χ1) is 5.33. The molecule has 0 aromatic rings. The summed E-state index contributed by atoms with van der Waals surface area (Å²) in [6.07, 6.45) is 7.22. The summed E-state index contributed by atoms with van der Waals surface area (Å²) in [5.74, 6) is 0.946. The molecule has 0 radical (unpaired) electrons. The van der Waals surface area contributed by atoms with Crippen molar-refractivity contribution in [2.75, 3.05) is 20.6 Å². The van der Waals surface area contributed by atoms with Crippen molar-refractivity contribution in [1.29, 1.82) is 0 Å². The highest BCUT2D eigenvalue weighted by atomic mass is 15.5. The summed E-state index contributed by atoms with van der Waals surface area (Å²) >= 11 is 0. The predicted molar refractivity (Wildman–Crippen MR) is 48.3 cm³/mol. The molecule has 0 unspecified atom stereocenters. The van der Waals surface area contributed by atoms with Gasteiger partial charge in [0, 0.05) is 13.6 Å². The van der Waals surface area contributed by atoms with Crippen LogP contribution in [0, 0.1) is 5.92 Å². The Hall–Kier alpha value is -0.0800. The second-order valence-corrected chi connectivity index (χ2v) is 3.61. The maximum atomic E-state index is 3.15. The molecule has 1 N–H and O–H groups in total. The van der Waals surface area contributed by atoms with Crippen LogP contribution in [0.2, 0.25) is 0 Å². The smallest absolute Gasteiger partial charge is 0.0156 e. The monoisotopic (exact) mass is 156 g/mol. The van der Waals surface area contributed by atoms with Gasteiger partial charge in [0.1, 0.15) is 0 Å². The van der Waals surface area contributed by atoms with Crippen LogP contribution in [0.15, 0.2) is 0 Å². The van der Waals surface area contributed by atoms with Crippen molar-refractivity contribution < 1.29 is 0 Å². The van der Waals surface area contributed by atoms with Crippen molar-refractivity contribution in [2.45, 2.75) is 32.1 Å². The molecule has 2 heteroatoms. The maximum absolute atomic E-state index is 3.15. The first kappa shape index (κ1) is 9.01. The summed E-state index contributed by atoms with van der Waals surface area (Å²) in [4.78, 5) is 0. The summed E-state index contributed by atoms with van der Waals surface area (Å²) in [5.41, 5.74) is 3.15. The van der Waals surface area contributed by atoms with Gasteiger partial charge in [-0.2, -0.15) is 0 Å². The van der Waals surface area contributed by atoms with Crippen LogP contribution in [0.5, 0.6) is 0 Å². The Labute approximate surface area is 69.9 Å². The lowest BCUT2D eigenvalue weighted by atomic mass is 9.89. The zero-order valence-corrected chi connectivity index (χ0v) is 7.77. The molecule has 0 spiro atoms. The van der Waals surface area contributed by atoms with E-state index in [1.165, 1.54) is 38.6 Å². The van der Waals surface area contributed by atoms with Gasteiger partial charge in [0.15, 0.2) is 0 Å². The summed E-state index contributed by atoms with van der Waals surface area (Å²) in [7, 11) is 4.11. The van der Waals surface area contributed by atoms with Gasteiger partial charge < -0.3 is 0 Å². The van der Waals surface area contributed by atoms with Gasteiger partial charge in [0.05, 0.1) is 0 Å². The quantitative estimate of drug-likeness (QED) is 0.625. The first-order valence-corrected chi connectivity index (χ1v) is 4.71. The van der Waals surface area contributed by atoms with Crippen LogP contribution >= 0.6 is 0 Å². The van der Waals surface area contributed by atoms with Gasteiger partial charge in [-0.05, 0) is 25.8 Å². The molecule has 1 aliphatic rings. The van der Waals surface area contributed by atoms with E-state index in [1.807, 2.05) is 7.05 Å². The molecule has 0 heterocycles. The normalized spacial score (nSPS) is 21.0. The molecule has 0 amide bonds. The van der Waals surface area contributed by atoms with E-state index in [4.69, 9.17) is 0 Å². The van der Waals surface area contributed by atoms with E-state index in [0.29, 0.717) is 0 Å². The minimum absolute atomic E-state index is 0.946.